The molecular weight excluding hydrogens is 240 g/mol. The number of hydrogen-bond donors (Lipinski definition) is 0. The topological polar surface area (TPSA) is 43.1 Å². The van der Waals surface area contributed by atoms with E-state index in [1.807, 2.05) is 36.5 Å². The summed E-state index contributed by atoms with van der Waals surface area (Å²) in [7, 11) is 0. The lowest BCUT2D eigenvalue weighted by atomic mass is 10.2. The number of aromatic nitrogens is 2. The first kappa shape index (κ1) is 9.33. The zero-order chi connectivity index (χ0) is 12.4. The van der Waals surface area contributed by atoms with E-state index < -0.39 is 0 Å². The average Bonchev–Trinajstić information content (AvgIpc) is 3.05. The van der Waals surface area contributed by atoms with Gasteiger partial charge in [-0.25, -0.2) is 0 Å². The second-order valence-corrected chi connectivity index (χ2v) is 4.73. The van der Waals surface area contributed by atoms with E-state index >= 15 is 0 Å². The first-order valence-electron chi connectivity index (χ1n) is 6.20. The summed E-state index contributed by atoms with van der Waals surface area (Å²) in [4.78, 5) is 4.41. The largest absolute Gasteiger partial charge is 0.420 e. The molecule has 0 saturated heterocycles. The molecule has 1 aliphatic rings. The molecule has 90 valence electrons. The van der Waals surface area contributed by atoms with E-state index in [1.54, 1.807) is 0 Å². The minimum absolute atomic E-state index is 0.589. The summed E-state index contributed by atoms with van der Waals surface area (Å²) in [5.74, 6) is 1.42. The lowest BCUT2D eigenvalue weighted by Gasteiger charge is -1.87. The summed E-state index contributed by atoms with van der Waals surface area (Å²) >= 11 is 0. The van der Waals surface area contributed by atoms with Crippen molar-refractivity contribution < 1.29 is 13.4 Å². The van der Waals surface area contributed by atoms with Gasteiger partial charge in [-0.2, -0.15) is 0 Å². The van der Waals surface area contributed by atoms with Crippen molar-refractivity contribution in [2.75, 3.05) is 0 Å². The van der Waals surface area contributed by atoms with Gasteiger partial charge in [0, 0.05) is 6.20 Å². The Kier molecular flexibility index (Phi) is 1.49. The van der Waals surface area contributed by atoms with Crippen LogP contribution in [0.1, 0.15) is 5.69 Å². The molecule has 0 saturated carbocycles. The van der Waals surface area contributed by atoms with Crippen LogP contribution < -0.4 is 4.57 Å². The second kappa shape index (κ2) is 3.03. The van der Waals surface area contributed by atoms with Gasteiger partial charge in [0.25, 0.3) is 0 Å². The van der Waals surface area contributed by atoms with E-state index in [-0.39, 0.29) is 0 Å². The SMILES string of the molecule is c1cnc2c(c1)-c1oc3oc4ccccc4c3[n+]1C2. The minimum Gasteiger partial charge on any atom is -0.420 e. The highest BCUT2D eigenvalue weighted by Gasteiger charge is 2.37. The predicted molar refractivity (Wildman–Crippen MR) is 68.5 cm³/mol. The van der Waals surface area contributed by atoms with Gasteiger partial charge in [0.15, 0.2) is 6.54 Å². The number of oxazole rings is 1. The lowest BCUT2D eigenvalue weighted by Crippen LogP contribution is -2.30. The molecule has 0 fully saturated rings. The third-order valence-corrected chi connectivity index (χ3v) is 3.67. The monoisotopic (exact) mass is 249 g/mol. The highest BCUT2D eigenvalue weighted by atomic mass is 16.5. The van der Waals surface area contributed by atoms with Crippen LogP contribution in [-0.2, 0) is 6.54 Å². The fourth-order valence-electron chi connectivity index (χ4n) is 2.84. The van der Waals surface area contributed by atoms with Crippen LogP contribution in [0.5, 0.6) is 0 Å². The van der Waals surface area contributed by atoms with Gasteiger partial charge in [-0.1, -0.05) is 12.1 Å². The van der Waals surface area contributed by atoms with Crippen LogP contribution in [0.2, 0.25) is 0 Å². The Hall–Kier alpha value is -2.62. The van der Waals surface area contributed by atoms with Gasteiger partial charge in [-0.3, -0.25) is 4.98 Å². The number of fused-ring (bicyclic) bond motifs is 7. The molecule has 0 spiro atoms. The molecule has 0 amide bonds. The second-order valence-electron chi connectivity index (χ2n) is 4.73. The number of benzene rings is 1. The maximum atomic E-state index is 5.88. The number of pyridine rings is 1. The molecule has 19 heavy (non-hydrogen) atoms. The molecule has 5 rings (SSSR count). The van der Waals surface area contributed by atoms with Gasteiger partial charge in [0.1, 0.15) is 16.8 Å². The van der Waals surface area contributed by atoms with E-state index in [4.69, 9.17) is 8.83 Å². The van der Waals surface area contributed by atoms with Crippen LogP contribution in [0.15, 0.2) is 51.4 Å². The maximum Gasteiger partial charge on any atom is 0.386 e. The number of para-hydroxylation sites is 1. The van der Waals surface area contributed by atoms with E-state index in [9.17, 15) is 0 Å². The molecule has 1 aliphatic heterocycles. The highest BCUT2D eigenvalue weighted by Crippen LogP contribution is 2.34. The molecule has 4 heteroatoms. The first-order chi connectivity index (χ1) is 9.42. The molecular formula is C15H9N2O2+. The van der Waals surface area contributed by atoms with Gasteiger partial charge in [0.05, 0.1) is 5.39 Å². The average molecular weight is 249 g/mol. The smallest absolute Gasteiger partial charge is 0.386 e. The van der Waals surface area contributed by atoms with Gasteiger partial charge in [0.2, 0.25) is 0 Å². The fourth-order valence-corrected chi connectivity index (χ4v) is 2.84. The van der Waals surface area contributed by atoms with E-state index in [1.165, 1.54) is 0 Å². The Balaban J connectivity index is 1.94. The third-order valence-electron chi connectivity index (χ3n) is 3.67. The molecule has 4 heterocycles. The highest BCUT2D eigenvalue weighted by molar-refractivity contribution is 5.99. The van der Waals surface area contributed by atoms with Crippen LogP contribution in [0.4, 0.5) is 0 Å². The Bertz CT molecular complexity index is 949. The summed E-state index contributed by atoms with van der Waals surface area (Å²) in [5, 5.41) is 1.08. The number of furan rings is 1. The van der Waals surface area contributed by atoms with E-state index in [2.05, 4.69) is 15.6 Å². The Morgan fingerprint density at radius 2 is 2.00 bits per heavy atom. The van der Waals surface area contributed by atoms with Crippen molar-refractivity contribution in [2.45, 2.75) is 6.54 Å². The summed E-state index contributed by atoms with van der Waals surface area (Å²) in [6.07, 6.45) is 1.82. The number of hydrogen-bond acceptors (Lipinski definition) is 3. The lowest BCUT2D eigenvalue weighted by molar-refractivity contribution is -0.649. The van der Waals surface area contributed by atoms with Crippen LogP contribution >= 0.6 is 0 Å². The predicted octanol–water partition coefficient (Wildman–Crippen LogP) is 2.89. The van der Waals surface area contributed by atoms with Crippen LogP contribution in [-0.4, -0.2) is 4.98 Å². The van der Waals surface area contributed by atoms with E-state index in [0.717, 1.165) is 40.2 Å². The van der Waals surface area contributed by atoms with E-state index in [0.29, 0.717) is 5.78 Å². The van der Waals surface area contributed by atoms with Crippen molar-refractivity contribution in [3.63, 3.8) is 0 Å². The summed E-state index contributed by atoms with van der Waals surface area (Å²) in [6, 6.07) is 11.9. The zero-order valence-corrected chi connectivity index (χ0v) is 9.96. The van der Waals surface area contributed by atoms with Crippen molar-refractivity contribution in [1.29, 1.82) is 0 Å². The molecule has 0 N–H and O–H groups in total. The molecule has 1 aromatic carbocycles. The number of rotatable bonds is 0. The first-order valence-corrected chi connectivity index (χ1v) is 6.20. The molecule has 0 bridgehead atoms. The van der Waals surface area contributed by atoms with Gasteiger partial charge < -0.3 is 8.83 Å². The molecule has 4 nitrogen and oxygen atoms in total. The van der Waals surface area contributed by atoms with Crippen molar-refractivity contribution in [2.24, 2.45) is 0 Å². The van der Waals surface area contributed by atoms with Crippen molar-refractivity contribution in [3.8, 4) is 11.5 Å². The van der Waals surface area contributed by atoms with Crippen molar-refractivity contribution in [3.05, 3.63) is 48.3 Å². The summed E-state index contributed by atoms with van der Waals surface area (Å²) in [6.45, 7) is 0.738. The summed E-state index contributed by atoms with van der Waals surface area (Å²) in [5.41, 5.74) is 3.98. The molecule has 0 atom stereocenters. The van der Waals surface area contributed by atoms with Crippen molar-refractivity contribution >= 4 is 22.3 Å². The quantitative estimate of drug-likeness (QED) is 0.396. The minimum atomic E-state index is 0.589. The van der Waals surface area contributed by atoms with Crippen LogP contribution in [0.25, 0.3) is 33.7 Å². The normalized spacial score (nSPS) is 13.1. The third kappa shape index (κ3) is 1.04. The molecule has 0 radical (unpaired) electrons. The summed E-state index contributed by atoms with van der Waals surface area (Å²) < 4.78 is 13.8. The van der Waals surface area contributed by atoms with Crippen LogP contribution in [0, 0.1) is 0 Å². The molecule has 3 aromatic heterocycles. The Morgan fingerprint density at radius 1 is 1.05 bits per heavy atom. The molecule has 0 aliphatic carbocycles. The molecule has 4 aromatic rings. The van der Waals surface area contributed by atoms with Crippen LogP contribution in [0.3, 0.4) is 0 Å². The van der Waals surface area contributed by atoms with Gasteiger partial charge in [-0.05, 0) is 24.3 Å². The Labute approximate surface area is 107 Å². The number of nitrogens with zero attached hydrogens (tertiary/aromatic N) is 2. The fraction of sp³-hybridized carbons (Fsp3) is 0.0667. The van der Waals surface area contributed by atoms with Crippen molar-refractivity contribution in [1.82, 2.24) is 4.98 Å². The van der Waals surface area contributed by atoms with Gasteiger partial charge >= 0.3 is 17.2 Å². The molecule has 0 unspecified atom stereocenters. The Morgan fingerprint density at radius 3 is 3.00 bits per heavy atom. The zero-order valence-electron chi connectivity index (χ0n) is 9.96. The standard InChI is InChI=1S/C15H9N2O2/c1-2-6-12-10(4-1)13-15(18-12)19-14-9-5-3-7-16-11(9)8-17(13)14/h1-7H,8H2/q+1. The van der Waals surface area contributed by atoms with Gasteiger partial charge in [-0.15, -0.1) is 4.57 Å². The maximum absolute atomic E-state index is 5.88.